The van der Waals surface area contributed by atoms with Gasteiger partial charge in [0.05, 0.1) is 10.9 Å². The Morgan fingerprint density at radius 1 is 1.07 bits per heavy atom. The Kier molecular flexibility index (Phi) is 4.25. The Balaban J connectivity index is 1.81. The summed E-state index contributed by atoms with van der Waals surface area (Å²) >= 11 is 1.24. The fourth-order valence-corrected chi connectivity index (χ4v) is 4.54. The second kappa shape index (κ2) is 6.84. The SMILES string of the molecule is CC(C)c1nnc(N2C(=O)c3oc4ccccc4c(=O)c3[C@H]2c2ccccc2F)s1. The molecular formula is C22H16FN3O3S. The Bertz CT molecular complexity index is 1360. The van der Waals surface area contributed by atoms with E-state index in [9.17, 15) is 14.0 Å². The number of benzene rings is 2. The summed E-state index contributed by atoms with van der Waals surface area (Å²) in [5.41, 5.74) is 0.270. The minimum absolute atomic E-state index is 0.0896. The molecule has 6 nitrogen and oxygen atoms in total. The van der Waals surface area contributed by atoms with Crippen molar-refractivity contribution in [2.75, 3.05) is 4.90 Å². The molecule has 0 saturated heterocycles. The Hall–Kier alpha value is -3.39. The van der Waals surface area contributed by atoms with Crippen molar-refractivity contribution in [3.8, 4) is 0 Å². The molecule has 2 aromatic carbocycles. The molecule has 5 rings (SSSR count). The molecule has 2 aromatic heterocycles. The molecule has 0 bridgehead atoms. The van der Waals surface area contributed by atoms with Crippen molar-refractivity contribution in [2.24, 2.45) is 0 Å². The molecule has 1 amide bonds. The third-order valence-corrected chi connectivity index (χ3v) is 6.33. The molecule has 0 N–H and O–H groups in total. The van der Waals surface area contributed by atoms with E-state index < -0.39 is 17.8 Å². The van der Waals surface area contributed by atoms with Gasteiger partial charge < -0.3 is 4.42 Å². The van der Waals surface area contributed by atoms with Crippen LogP contribution in [0, 0.1) is 5.82 Å². The summed E-state index contributed by atoms with van der Waals surface area (Å²) in [7, 11) is 0. The number of nitrogens with zero attached hydrogens (tertiary/aromatic N) is 3. The lowest BCUT2D eigenvalue weighted by molar-refractivity contribution is 0.0970. The number of hydrogen-bond acceptors (Lipinski definition) is 6. The highest BCUT2D eigenvalue weighted by molar-refractivity contribution is 7.15. The van der Waals surface area contributed by atoms with E-state index in [0.717, 1.165) is 5.01 Å². The van der Waals surface area contributed by atoms with Crippen molar-refractivity contribution in [1.29, 1.82) is 0 Å². The zero-order valence-corrected chi connectivity index (χ0v) is 16.9. The largest absolute Gasteiger partial charge is 0.450 e. The average molecular weight is 421 g/mol. The van der Waals surface area contributed by atoms with Gasteiger partial charge in [0, 0.05) is 11.5 Å². The van der Waals surface area contributed by atoms with Crippen LogP contribution in [0.1, 0.15) is 52.5 Å². The minimum atomic E-state index is -0.984. The second-order valence-electron chi connectivity index (χ2n) is 7.35. The zero-order valence-electron chi connectivity index (χ0n) is 16.1. The number of carbonyl (C=O) groups is 1. The van der Waals surface area contributed by atoms with Gasteiger partial charge in [0.25, 0.3) is 5.91 Å². The number of amides is 1. The first kappa shape index (κ1) is 18.6. The second-order valence-corrected chi connectivity index (χ2v) is 8.33. The van der Waals surface area contributed by atoms with Gasteiger partial charge in [-0.1, -0.05) is 55.5 Å². The standard InChI is InChI=1S/C22H16FN3O3S/c1-11(2)20-24-25-22(30-20)26-17(12-7-3-5-9-14(12)23)16-18(27)13-8-4-6-10-15(13)29-19(16)21(26)28/h3-11,17H,1-2H3/t17-/m1/s1. The summed E-state index contributed by atoms with van der Waals surface area (Å²) in [6.07, 6.45) is 0. The highest BCUT2D eigenvalue weighted by Crippen LogP contribution is 2.43. The van der Waals surface area contributed by atoms with Crippen molar-refractivity contribution in [2.45, 2.75) is 25.8 Å². The van der Waals surface area contributed by atoms with Crippen molar-refractivity contribution in [3.63, 3.8) is 0 Å². The van der Waals surface area contributed by atoms with Crippen LogP contribution in [-0.2, 0) is 0 Å². The van der Waals surface area contributed by atoms with Gasteiger partial charge in [-0.05, 0) is 18.2 Å². The molecule has 4 aromatic rings. The number of aromatic nitrogens is 2. The van der Waals surface area contributed by atoms with E-state index in [1.165, 1.54) is 22.3 Å². The highest BCUT2D eigenvalue weighted by atomic mass is 32.1. The fraction of sp³-hybridized carbons (Fsp3) is 0.182. The van der Waals surface area contributed by atoms with Crippen LogP contribution in [0.15, 0.2) is 57.7 Å². The molecule has 0 saturated carbocycles. The van der Waals surface area contributed by atoms with Gasteiger partial charge >= 0.3 is 0 Å². The van der Waals surface area contributed by atoms with Gasteiger partial charge in [0.2, 0.25) is 10.9 Å². The van der Waals surface area contributed by atoms with E-state index in [4.69, 9.17) is 4.42 Å². The number of para-hydroxylation sites is 1. The van der Waals surface area contributed by atoms with E-state index in [1.54, 1.807) is 42.5 Å². The number of halogens is 1. The third-order valence-electron chi connectivity index (χ3n) is 5.11. The van der Waals surface area contributed by atoms with E-state index in [2.05, 4.69) is 10.2 Å². The third kappa shape index (κ3) is 2.68. The normalized spacial score (nSPS) is 15.9. The van der Waals surface area contributed by atoms with Crippen molar-refractivity contribution in [1.82, 2.24) is 10.2 Å². The smallest absolute Gasteiger partial charge is 0.297 e. The minimum Gasteiger partial charge on any atom is -0.450 e. The fourth-order valence-electron chi connectivity index (χ4n) is 3.67. The molecule has 0 unspecified atom stereocenters. The molecule has 1 aliphatic rings. The summed E-state index contributed by atoms with van der Waals surface area (Å²) in [5.74, 6) is -1.03. The van der Waals surface area contributed by atoms with Gasteiger partial charge in [-0.3, -0.25) is 14.5 Å². The summed E-state index contributed by atoms with van der Waals surface area (Å²) < 4.78 is 20.7. The highest BCUT2D eigenvalue weighted by Gasteiger charge is 2.46. The van der Waals surface area contributed by atoms with E-state index in [1.807, 2.05) is 13.8 Å². The van der Waals surface area contributed by atoms with Crippen LogP contribution in [0.4, 0.5) is 9.52 Å². The first-order valence-electron chi connectivity index (χ1n) is 9.44. The van der Waals surface area contributed by atoms with Crippen molar-refractivity contribution in [3.05, 3.63) is 86.5 Å². The molecule has 0 spiro atoms. The van der Waals surface area contributed by atoms with Gasteiger partial charge in [-0.15, -0.1) is 10.2 Å². The predicted octanol–water partition coefficient (Wildman–Crippen LogP) is 4.66. The first-order chi connectivity index (χ1) is 14.5. The van der Waals surface area contributed by atoms with Gasteiger partial charge in [0.1, 0.15) is 22.4 Å². The molecule has 0 radical (unpaired) electrons. The summed E-state index contributed by atoms with van der Waals surface area (Å²) in [6.45, 7) is 3.94. The van der Waals surface area contributed by atoms with Gasteiger partial charge in [-0.2, -0.15) is 0 Å². The average Bonchev–Trinajstić information content (AvgIpc) is 3.32. The number of anilines is 1. The van der Waals surface area contributed by atoms with Crippen LogP contribution in [0.2, 0.25) is 0 Å². The maximum Gasteiger partial charge on any atom is 0.297 e. The Labute approximate surface area is 174 Å². The molecule has 8 heteroatoms. The van der Waals surface area contributed by atoms with Gasteiger partial charge in [0.15, 0.2) is 5.43 Å². The quantitative estimate of drug-likeness (QED) is 0.481. The number of hydrogen-bond donors (Lipinski definition) is 0. The van der Waals surface area contributed by atoms with Crippen LogP contribution >= 0.6 is 11.3 Å². The zero-order chi connectivity index (χ0) is 21.0. The van der Waals surface area contributed by atoms with Crippen LogP contribution in [0.3, 0.4) is 0 Å². The molecule has 1 aliphatic heterocycles. The van der Waals surface area contributed by atoms with Crippen LogP contribution in [-0.4, -0.2) is 16.1 Å². The number of fused-ring (bicyclic) bond motifs is 2. The maximum atomic E-state index is 14.8. The summed E-state index contributed by atoms with van der Waals surface area (Å²) in [5, 5.41) is 9.70. The molecule has 1 atom stereocenters. The summed E-state index contributed by atoms with van der Waals surface area (Å²) in [4.78, 5) is 28.1. The Morgan fingerprint density at radius 2 is 1.80 bits per heavy atom. The topological polar surface area (TPSA) is 76.3 Å². The lowest BCUT2D eigenvalue weighted by Gasteiger charge is -2.22. The van der Waals surface area contributed by atoms with Crippen LogP contribution in [0.5, 0.6) is 0 Å². The number of rotatable bonds is 3. The molecule has 0 aliphatic carbocycles. The number of carbonyl (C=O) groups excluding carboxylic acids is 1. The van der Waals surface area contributed by atoms with E-state index >= 15 is 0 Å². The van der Waals surface area contributed by atoms with E-state index in [-0.39, 0.29) is 28.2 Å². The lowest BCUT2D eigenvalue weighted by Crippen LogP contribution is -2.30. The maximum absolute atomic E-state index is 14.8. The molecule has 150 valence electrons. The molecular weight excluding hydrogens is 405 g/mol. The summed E-state index contributed by atoms with van der Waals surface area (Å²) in [6, 6.07) is 11.8. The predicted molar refractivity (Wildman–Crippen MR) is 112 cm³/mol. The van der Waals surface area contributed by atoms with Crippen molar-refractivity contribution < 1.29 is 13.6 Å². The molecule has 30 heavy (non-hydrogen) atoms. The molecule has 3 heterocycles. The van der Waals surface area contributed by atoms with Crippen LogP contribution < -0.4 is 10.3 Å². The first-order valence-corrected chi connectivity index (χ1v) is 10.3. The Morgan fingerprint density at radius 3 is 2.53 bits per heavy atom. The van der Waals surface area contributed by atoms with E-state index in [0.29, 0.717) is 16.1 Å². The molecule has 0 fully saturated rings. The lowest BCUT2D eigenvalue weighted by atomic mass is 9.98. The van der Waals surface area contributed by atoms with Gasteiger partial charge in [-0.25, -0.2) is 4.39 Å². The monoisotopic (exact) mass is 421 g/mol. The van der Waals surface area contributed by atoms with Crippen LogP contribution in [0.25, 0.3) is 11.0 Å². The van der Waals surface area contributed by atoms with Crippen molar-refractivity contribution >= 4 is 33.3 Å².